The van der Waals surface area contributed by atoms with E-state index in [1.807, 2.05) is 7.05 Å². The van der Waals surface area contributed by atoms with E-state index in [2.05, 4.69) is 32.4 Å². The molecule has 2 rings (SSSR count). The Morgan fingerprint density at radius 2 is 2.26 bits per heavy atom. The molecule has 1 aliphatic heterocycles. The van der Waals surface area contributed by atoms with Crippen LogP contribution in [0.15, 0.2) is 6.33 Å². The summed E-state index contributed by atoms with van der Waals surface area (Å²) >= 11 is 0. The molecular weight excluding hydrogens is 242 g/mol. The number of nitrogens with one attached hydrogen (secondary N) is 2. The number of carbonyl (C=O) groups is 1. The number of amides is 1. The molecule has 2 heterocycles. The Balaban J connectivity index is 2.29. The number of hydrogen-bond donors (Lipinski definition) is 2. The summed E-state index contributed by atoms with van der Waals surface area (Å²) in [6, 6.07) is 0. The zero-order valence-corrected chi connectivity index (χ0v) is 11.6. The first-order chi connectivity index (χ1) is 9.26. The fourth-order valence-electron chi connectivity index (χ4n) is 2.35. The maximum absolute atomic E-state index is 11.4. The standard InChI is InChI=1S/C13H21N5O/c1-3-4-10-12(14-2)16-9-17-13(10)18-7-5-11(19)15-6-8-18/h9H,3-8H2,1-2H3,(H,15,19)(H,14,16,17). The Morgan fingerprint density at radius 1 is 1.42 bits per heavy atom. The van der Waals surface area contributed by atoms with Gasteiger partial charge in [-0.15, -0.1) is 0 Å². The van der Waals surface area contributed by atoms with Crippen LogP contribution in [0.2, 0.25) is 0 Å². The molecule has 104 valence electrons. The van der Waals surface area contributed by atoms with Crippen LogP contribution in [0.25, 0.3) is 0 Å². The van der Waals surface area contributed by atoms with Crippen LogP contribution in [0.3, 0.4) is 0 Å². The van der Waals surface area contributed by atoms with Crippen LogP contribution in [0.5, 0.6) is 0 Å². The predicted molar refractivity (Wildman–Crippen MR) is 75.4 cm³/mol. The largest absolute Gasteiger partial charge is 0.373 e. The fraction of sp³-hybridized carbons (Fsp3) is 0.615. The Bertz CT molecular complexity index is 449. The molecule has 0 aliphatic carbocycles. The van der Waals surface area contributed by atoms with Crippen LogP contribution in [-0.2, 0) is 11.2 Å². The molecule has 1 aliphatic rings. The minimum Gasteiger partial charge on any atom is -0.373 e. The van der Waals surface area contributed by atoms with Crippen molar-refractivity contribution in [3.8, 4) is 0 Å². The second kappa shape index (κ2) is 6.36. The summed E-state index contributed by atoms with van der Waals surface area (Å²) in [4.78, 5) is 22.3. The molecule has 0 unspecified atom stereocenters. The predicted octanol–water partition coefficient (Wildman–Crippen LogP) is 0.797. The van der Waals surface area contributed by atoms with Gasteiger partial charge < -0.3 is 15.5 Å². The van der Waals surface area contributed by atoms with Crippen molar-refractivity contribution in [3.63, 3.8) is 0 Å². The number of carbonyl (C=O) groups excluding carboxylic acids is 1. The van der Waals surface area contributed by atoms with Crippen LogP contribution in [0.4, 0.5) is 11.6 Å². The molecule has 1 fully saturated rings. The molecule has 0 bridgehead atoms. The van der Waals surface area contributed by atoms with Crippen molar-refractivity contribution in [2.24, 2.45) is 0 Å². The molecule has 0 radical (unpaired) electrons. The zero-order chi connectivity index (χ0) is 13.7. The summed E-state index contributed by atoms with van der Waals surface area (Å²) in [6.45, 7) is 4.32. The highest BCUT2D eigenvalue weighted by Gasteiger charge is 2.19. The summed E-state index contributed by atoms with van der Waals surface area (Å²) in [5, 5.41) is 6.01. The second-order valence-corrected chi connectivity index (χ2v) is 4.61. The van der Waals surface area contributed by atoms with Crippen molar-refractivity contribution >= 4 is 17.5 Å². The number of rotatable bonds is 4. The van der Waals surface area contributed by atoms with Gasteiger partial charge in [0.1, 0.15) is 18.0 Å². The van der Waals surface area contributed by atoms with Gasteiger partial charge in [0.15, 0.2) is 0 Å². The molecule has 2 N–H and O–H groups in total. The third-order valence-electron chi connectivity index (χ3n) is 3.27. The van der Waals surface area contributed by atoms with Crippen molar-refractivity contribution < 1.29 is 4.79 Å². The van der Waals surface area contributed by atoms with E-state index in [9.17, 15) is 4.79 Å². The molecule has 0 atom stereocenters. The molecule has 19 heavy (non-hydrogen) atoms. The molecule has 6 heteroatoms. The second-order valence-electron chi connectivity index (χ2n) is 4.61. The Morgan fingerprint density at radius 3 is 3.00 bits per heavy atom. The molecule has 0 aromatic carbocycles. The van der Waals surface area contributed by atoms with Crippen molar-refractivity contribution in [2.45, 2.75) is 26.2 Å². The van der Waals surface area contributed by atoms with E-state index in [0.29, 0.717) is 19.5 Å². The van der Waals surface area contributed by atoms with Gasteiger partial charge in [-0.1, -0.05) is 13.3 Å². The lowest BCUT2D eigenvalue weighted by molar-refractivity contribution is -0.120. The first-order valence-electron chi connectivity index (χ1n) is 6.79. The first-order valence-corrected chi connectivity index (χ1v) is 6.79. The van der Waals surface area contributed by atoms with E-state index in [4.69, 9.17) is 0 Å². The third-order valence-corrected chi connectivity index (χ3v) is 3.27. The Kier molecular flexibility index (Phi) is 4.54. The van der Waals surface area contributed by atoms with Gasteiger partial charge in [0, 0.05) is 38.7 Å². The molecule has 0 saturated carbocycles. The lowest BCUT2D eigenvalue weighted by atomic mass is 10.1. The molecule has 1 amide bonds. The zero-order valence-electron chi connectivity index (χ0n) is 11.6. The summed E-state index contributed by atoms with van der Waals surface area (Å²) in [7, 11) is 1.87. The normalized spacial score (nSPS) is 15.9. The number of nitrogens with zero attached hydrogens (tertiary/aromatic N) is 3. The first kappa shape index (κ1) is 13.6. The lowest BCUT2D eigenvalue weighted by Crippen LogP contribution is -2.30. The molecule has 0 spiro atoms. The topological polar surface area (TPSA) is 70.2 Å². The van der Waals surface area contributed by atoms with Crippen LogP contribution in [-0.4, -0.2) is 42.6 Å². The van der Waals surface area contributed by atoms with E-state index < -0.39 is 0 Å². The van der Waals surface area contributed by atoms with E-state index in [0.717, 1.165) is 36.6 Å². The van der Waals surface area contributed by atoms with Gasteiger partial charge in [-0.2, -0.15) is 0 Å². The van der Waals surface area contributed by atoms with Crippen molar-refractivity contribution in [2.75, 3.05) is 36.9 Å². The number of anilines is 2. The van der Waals surface area contributed by atoms with E-state index in [1.54, 1.807) is 6.33 Å². The van der Waals surface area contributed by atoms with Crippen LogP contribution in [0.1, 0.15) is 25.3 Å². The summed E-state index contributed by atoms with van der Waals surface area (Å²) in [6.07, 6.45) is 4.08. The van der Waals surface area contributed by atoms with Gasteiger partial charge in [0.25, 0.3) is 0 Å². The monoisotopic (exact) mass is 263 g/mol. The number of hydrogen-bond acceptors (Lipinski definition) is 5. The quantitative estimate of drug-likeness (QED) is 0.840. The van der Waals surface area contributed by atoms with Gasteiger partial charge in [-0.25, -0.2) is 9.97 Å². The highest BCUT2D eigenvalue weighted by molar-refractivity contribution is 5.77. The van der Waals surface area contributed by atoms with Crippen molar-refractivity contribution in [3.05, 3.63) is 11.9 Å². The smallest absolute Gasteiger partial charge is 0.221 e. The SMILES string of the molecule is CCCc1c(NC)ncnc1N1CCNC(=O)CC1. The Hall–Kier alpha value is -1.85. The van der Waals surface area contributed by atoms with E-state index in [-0.39, 0.29) is 5.91 Å². The maximum Gasteiger partial charge on any atom is 0.221 e. The minimum absolute atomic E-state index is 0.113. The molecule has 6 nitrogen and oxygen atoms in total. The molecular formula is C13H21N5O. The molecule has 1 aromatic rings. The highest BCUT2D eigenvalue weighted by Crippen LogP contribution is 2.25. The Labute approximate surface area is 113 Å². The third kappa shape index (κ3) is 3.13. The fourth-order valence-corrected chi connectivity index (χ4v) is 2.35. The summed E-state index contributed by atoms with van der Waals surface area (Å²) in [5.41, 5.74) is 1.14. The van der Waals surface area contributed by atoms with Gasteiger partial charge in [-0.3, -0.25) is 4.79 Å². The lowest BCUT2D eigenvalue weighted by Gasteiger charge is -2.24. The molecule has 1 saturated heterocycles. The number of aromatic nitrogens is 2. The van der Waals surface area contributed by atoms with Gasteiger partial charge >= 0.3 is 0 Å². The van der Waals surface area contributed by atoms with E-state index in [1.165, 1.54) is 0 Å². The van der Waals surface area contributed by atoms with Crippen molar-refractivity contribution in [1.29, 1.82) is 0 Å². The highest BCUT2D eigenvalue weighted by atomic mass is 16.1. The average molecular weight is 263 g/mol. The molecule has 1 aromatic heterocycles. The average Bonchev–Trinajstić information content (AvgIpc) is 2.64. The maximum atomic E-state index is 11.4. The van der Waals surface area contributed by atoms with E-state index >= 15 is 0 Å². The van der Waals surface area contributed by atoms with Gasteiger partial charge in [-0.05, 0) is 6.42 Å². The van der Waals surface area contributed by atoms with Crippen molar-refractivity contribution in [1.82, 2.24) is 15.3 Å². The van der Waals surface area contributed by atoms with Gasteiger partial charge in [0.05, 0.1) is 0 Å². The summed E-state index contributed by atoms with van der Waals surface area (Å²) in [5.74, 6) is 1.95. The minimum atomic E-state index is 0.113. The van der Waals surface area contributed by atoms with Crippen LogP contribution in [0, 0.1) is 0 Å². The van der Waals surface area contributed by atoms with Gasteiger partial charge in [0.2, 0.25) is 5.91 Å². The van der Waals surface area contributed by atoms with Crippen LogP contribution >= 0.6 is 0 Å². The summed E-state index contributed by atoms with van der Waals surface area (Å²) < 4.78 is 0. The van der Waals surface area contributed by atoms with Crippen LogP contribution < -0.4 is 15.5 Å².